The van der Waals surface area contributed by atoms with E-state index in [4.69, 9.17) is 4.74 Å². The Bertz CT molecular complexity index is 549. The number of hydrogen-bond acceptors (Lipinski definition) is 3. The number of aliphatic imine (C=N–C) groups is 1. The summed E-state index contributed by atoms with van der Waals surface area (Å²) in [6.45, 7) is 12.8. The summed E-state index contributed by atoms with van der Waals surface area (Å²) in [5, 5.41) is 10.2. The Kier molecular flexibility index (Phi) is 6.91. The van der Waals surface area contributed by atoms with Crippen molar-refractivity contribution in [2.75, 3.05) is 32.8 Å². The highest BCUT2D eigenvalue weighted by atomic mass is 16.5. The predicted molar refractivity (Wildman–Crippen MR) is 101 cm³/mol. The Labute approximate surface area is 146 Å². The van der Waals surface area contributed by atoms with Crippen molar-refractivity contribution in [3.8, 4) is 5.75 Å². The van der Waals surface area contributed by atoms with Crippen molar-refractivity contribution in [3.05, 3.63) is 29.3 Å². The zero-order valence-corrected chi connectivity index (χ0v) is 15.5. The van der Waals surface area contributed by atoms with Gasteiger partial charge in [-0.3, -0.25) is 4.99 Å². The zero-order chi connectivity index (χ0) is 17.4. The van der Waals surface area contributed by atoms with Crippen molar-refractivity contribution in [2.45, 2.75) is 46.1 Å². The first kappa shape index (κ1) is 18.6. The van der Waals surface area contributed by atoms with Crippen LogP contribution in [-0.4, -0.2) is 44.3 Å². The van der Waals surface area contributed by atoms with Gasteiger partial charge in [0, 0.05) is 31.6 Å². The van der Waals surface area contributed by atoms with E-state index in [2.05, 4.69) is 66.8 Å². The highest BCUT2D eigenvalue weighted by Crippen LogP contribution is 2.25. The quantitative estimate of drug-likeness (QED) is 0.407. The molecule has 0 amide bonds. The maximum absolute atomic E-state index is 5.56. The predicted octanol–water partition coefficient (Wildman–Crippen LogP) is 2.11. The molecule has 0 unspecified atom stereocenters. The summed E-state index contributed by atoms with van der Waals surface area (Å²) in [5.41, 5.74) is 2.82. The molecule has 24 heavy (non-hydrogen) atoms. The fourth-order valence-electron chi connectivity index (χ4n) is 2.66. The second-order valence-corrected chi connectivity index (χ2v) is 7.15. The number of fused-ring (bicyclic) bond motifs is 1. The van der Waals surface area contributed by atoms with Crippen LogP contribution in [0.2, 0.25) is 0 Å². The number of guanidine groups is 1. The molecule has 5 nitrogen and oxygen atoms in total. The van der Waals surface area contributed by atoms with Gasteiger partial charge < -0.3 is 20.7 Å². The molecule has 0 saturated heterocycles. The highest BCUT2D eigenvalue weighted by molar-refractivity contribution is 5.79. The van der Waals surface area contributed by atoms with Gasteiger partial charge in [-0.2, -0.15) is 0 Å². The van der Waals surface area contributed by atoms with E-state index in [-0.39, 0.29) is 5.54 Å². The molecule has 1 aromatic carbocycles. The van der Waals surface area contributed by atoms with Crippen LogP contribution in [0, 0.1) is 0 Å². The van der Waals surface area contributed by atoms with Gasteiger partial charge in [0.05, 0.1) is 13.2 Å². The average Bonchev–Trinajstić information content (AvgIpc) is 2.98. The fourth-order valence-corrected chi connectivity index (χ4v) is 2.66. The second kappa shape index (κ2) is 8.92. The summed E-state index contributed by atoms with van der Waals surface area (Å²) in [7, 11) is 0. The molecule has 0 atom stereocenters. The summed E-state index contributed by atoms with van der Waals surface area (Å²) >= 11 is 0. The highest BCUT2D eigenvalue weighted by Gasteiger charge is 2.11. The van der Waals surface area contributed by atoms with Crippen molar-refractivity contribution in [1.29, 1.82) is 0 Å². The number of nitrogens with zero attached hydrogens (tertiary/aromatic N) is 1. The number of ether oxygens (including phenoxy) is 1. The fraction of sp³-hybridized carbons (Fsp3) is 0.632. The molecule has 0 bridgehead atoms. The monoisotopic (exact) mass is 332 g/mol. The van der Waals surface area contributed by atoms with E-state index < -0.39 is 0 Å². The van der Waals surface area contributed by atoms with Gasteiger partial charge in [-0.1, -0.05) is 12.1 Å². The van der Waals surface area contributed by atoms with Crippen LogP contribution in [0.4, 0.5) is 0 Å². The maximum atomic E-state index is 5.56. The molecule has 134 valence electrons. The van der Waals surface area contributed by atoms with Crippen molar-refractivity contribution >= 4 is 5.96 Å². The van der Waals surface area contributed by atoms with Crippen molar-refractivity contribution in [2.24, 2.45) is 4.99 Å². The molecule has 0 spiro atoms. The van der Waals surface area contributed by atoms with E-state index in [0.29, 0.717) is 0 Å². The lowest BCUT2D eigenvalue weighted by Gasteiger charge is -2.20. The first-order valence-electron chi connectivity index (χ1n) is 9.00. The van der Waals surface area contributed by atoms with Crippen LogP contribution < -0.4 is 20.7 Å². The van der Waals surface area contributed by atoms with E-state index in [1.807, 2.05) is 0 Å². The lowest BCUT2D eigenvalue weighted by molar-refractivity contribution is 0.357. The van der Waals surface area contributed by atoms with Gasteiger partial charge in [-0.05, 0) is 51.3 Å². The van der Waals surface area contributed by atoms with Crippen LogP contribution >= 0.6 is 0 Å². The molecule has 0 aromatic heterocycles. The largest absolute Gasteiger partial charge is 0.493 e. The van der Waals surface area contributed by atoms with Gasteiger partial charge in [0.2, 0.25) is 0 Å². The van der Waals surface area contributed by atoms with Crippen LogP contribution in [-0.2, 0) is 12.8 Å². The van der Waals surface area contributed by atoms with E-state index in [1.165, 1.54) is 11.1 Å². The maximum Gasteiger partial charge on any atom is 0.191 e. The average molecular weight is 332 g/mol. The van der Waals surface area contributed by atoms with E-state index in [9.17, 15) is 0 Å². The molecule has 1 aliphatic rings. The van der Waals surface area contributed by atoms with Crippen LogP contribution in [0.1, 0.15) is 38.8 Å². The van der Waals surface area contributed by atoms with Crippen molar-refractivity contribution in [3.63, 3.8) is 0 Å². The summed E-state index contributed by atoms with van der Waals surface area (Å²) in [4.78, 5) is 4.62. The summed E-state index contributed by atoms with van der Waals surface area (Å²) in [6.07, 6.45) is 2.01. The Morgan fingerprint density at radius 1 is 1.21 bits per heavy atom. The van der Waals surface area contributed by atoms with Crippen LogP contribution in [0.5, 0.6) is 5.75 Å². The topological polar surface area (TPSA) is 57.7 Å². The molecule has 0 fully saturated rings. The van der Waals surface area contributed by atoms with Crippen molar-refractivity contribution in [1.82, 2.24) is 16.0 Å². The zero-order valence-electron chi connectivity index (χ0n) is 15.5. The number of hydrogen-bond donors (Lipinski definition) is 3. The lowest BCUT2D eigenvalue weighted by Crippen LogP contribution is -2.40. The third-order valence-corrected chi connectivity index (χ3v) is 3.84. The Hall–Kier alpha value is -1.75. The van der Waals surface area contributed by atoms with E-state index >= 15 is 0 Å². The first-order valence-corrected chi connectivity index (χ1v) is 9.00. The standard InChI is InChI=1S/C19H32N4O/c1-5-20-18(22-11-12-23-19(2,3)4)21-10-8-15-6-7-17-16(14-15)9-13-24-17/h6-7,14,23H,5,8-13H2,1-4H3,(H2,20,21,22). The number of benzene rings is 1. The molecule has 3 N–H and O–H groups in total. The van der Waals surface area contributed by atoms with Crippen molar-refractivity contribution < 1.29 is 4.74 Å². The molecule has 0 aliphatic carbocycles. The van der Waals surface area contributed by atoms with Gasteiger partial charge in [0.25, 0.3) is 0 Å². The first-order chi connectivity index (χ1) is 11.5. The van der Waals surface area contributed by atoms with Gasteiger partial charge in [0.15, 0.2) is 5.96 Å². The van der Waals surface area contributed by atoms with Gasteiger partial charge >= 0.3 is 0 Å². The van der Waals surface area contributed by atoms with Gasteiger partial charge in [0.1, 0.15) is 5.75 Å². The summed E-state index contributed by atoms with van der Waals surface area (Å²) < 4.78 is 5.56. The number of nitrogens with one attached hydrogen (secondary N) is 3. The lowest BCUT2D eigenvalue weighted by atomic mass is 10.1. The SMILES string of the molecule is CCNC(=NCCNC(C)(C)C)NCCc1ccc2c(c1)CCO2. The molecule has 1 aromatic rings. The van der Waals surface area contributed by atoms with Crippen LogP contribution in [0.3, 0.4) is 0 Å². The summed E-state index contributed by atoms with van der Waals surface area (Å²) in [5.74, 6) is 1.94. The molecule has 2 rings (SSSR count). The Morgan fingerprint density at radius 2 is 2.04 bits per heavy atom. The number of rotatable bonds is 7. The molecule has 0 saturated carbocycles. The molecule has 1 heterocycles. The molecule has 0 radical (unpaired) electrons. The minimum Gasteiger partial charge on any atom is -0.493 e. The molecule has 5 heteroatoms. The minimum absolute atomic E-state index is 0.137. The normalized spacial score (nSPS) is 14.2. The smallest absolute Gasteiger partial charge is 0.191 e. The Balaban J connectivity index is 1.76. The second-order valence-electron chi connectivity index (χ2n) is 7.15. The van der Waals surface area contributed by atoms with Gasteiger partial charge in [-0.25, -0.2) is 0 Å². The Morgan fingerprint density at radius 3 is 2.79 bits per heavy atom. The molecular weight excluding hydrogens is 300 g/mol. The van der Waals surface area contributed by atoms with E-state index in [0.717, 1.165) is 57.3 Å². The summed E-state index contributed by atoms with van der Waals surface area (Å²) in [6, 6.07) is 6.51. The van der Waals surface area contributed by atoms with Gasteiger partial charge in [-0.15, -0.1) is 0 Å². The minimum atomic E-state index is 0.137. The molecule has 1 aliphatic heterocycles. The van der Waals surface area contributed by atoms with Crippen LogP contribution in [0.15, 0.2) is 23.2 Å². The molecular formula is C19H32N4O. The third-order valence-electron chi connectivity index (χ3n) is 3.84. The van der Waals surface area contributed by atoms with Crippen LogP contribution in [0.25, 0.3) is 0 Å². The third kappa shape index (κ3) is 6.40. The van der Waals surface area contributed by atoms with E-state index in [1.54, 1.807) is 0 Å².